The first kappa shape index (κ1) is 15.6. The number of hydrogen-bond donors (Lipinski definition) is 1. The maximum absolute atomic E-state index is 4.31. The number of aromatic nitrogens is 4. The summed E-state index contributed by atoms with van der Waals surface area (Å²) >= 11 is 0. The second kappa shape index (κ2) is 7.31. The lowest BCUT2D eigenvalue weighted by atomic mass is 9.94. The summed E-state index contributed by atoms with van der Waals surface area (Å²) in [6.45, 7) is 8.52. The van der Waals surface area contributed by atoms with Crippen LogP contribution >= 0.6 is 0 Å². The maximum Gasteiger partial charge on any atom is 0.175 e. The SMILES string of the molecule is Cc1cccc(C(CNCC(C)C)Cc2nnn(C)n2)c1. The fourth-order valence-electron chi connectivity index (χ4n) is 2.40. The van der Waals surface area contributed by atoms with Crippen LogP contribution in [-0.2, 0) is 13.5 Å². The summed E-state index contributed by atoms with van der Waals surface area (Å²) in [5.41, 5.74) is 2.62. The van der Waals surface area contributed by atoms with Gasteiger partial charge in [-0.05, 0) is 30.2 Å². The van der Waals surface area contributed by atoms with Gasteiger partial charge in [-0.1, -0.05) is 43.7 Å². The number of benzene rings is 1. The van der Waals surface area contributed by atoms with Crippen molar-refractivity contribution in [3.8, 4) is 0 Å². The Hall–Kier alpha value is -1.75. The van der Waals surface area contributed by atoms with Crippen LogP contribution < -0.4 is 5.32 Å². The molecular weight excluding hydrogens is 262 g/mol. The van der Waals surface area contributed by atoms with Gasteiger partial charge in [-0.25, -0.2) is 0 Å². The lowest BCUT2D eigenvalue weighted by Crippen LogP contribution is -2.26. The van der Waals surface area contributed by atoms with E-state index in [-0.39, 0.29) is 0 Å². The van der Waals surface area contributed by atoms with Crippen molar-refractivity contribution >= 4 is 0 Å². The highest BCUT2D eigenvalue weighted by atomic mass is 15.6. The molecule has 0 bridgehead atoms. The highest BCUT2D eigenvalue weighted by Gasteiger charge is 2.15. The average molecular weight is 287 g/mol. The van der Waals surface area contributed by atoms with Crippen molar-refractivity contribution in [3.05, 3.63) is 41.2 Å². The zero-order valence-corrected chi connectivity index (χ0v) is 13.4. The fraction of sp³-hybridized carbons (Fsp3) is 0.562. The smallest absolute Gasteiger partial charge is 0.175 e. The summed E-state index contributed by atoms with van der Waals surface area (Å²) in [6, 6.07) is 8.68. The molecule has 0 aliphatic rings. The first-order chi connectivity index (χ1) is 10.0. The first-order valence-electron chi connectivity index (χ1n) is 7.54. The van der Waals surface area contributed by atoms with Gasteiger partial charge in [0.1, 0.15) is 0 Å². The van der Waals surface area contributed by atoms with Gasteiger partial charge >= 0.3 is 0 Å². The normalized spacial score (nSPS) is 12.8. The summed E-state index contributed by atoms with van der Waals surface area (Å²) in [4.78, 5) is 1.52. The summed E-state index contributed by atoms with van der Waals surface area (Å²) in [5.74, 6) is 1.82. The zero-order chi connectivity index (χ0) is 15.2. The third kappa shape index (κ3) is 4.93. The molecule has 1 unspecified atom stereocenters. The molecule has 5 nitrogen and oxygen atoms in total. The van der Waals surface area contributed by atoms with Crippen LogP contribution in [0.5, 0.6) is 0 Å². The van der Waals surface area contributed by atoms with Crippen LogP contribution in [0.2, 0.25) is 0 Å². The molecule has 1 aromatic heterocycles. The predicted molar refractivity (Wildman–Crippen MR) is 84.1 cm³/mol. The average Bonchev–Trinajstić information content (AvgIpc) is 2.83. The Morgan fingerprint density at radius 2 is 2.05 bits per heavy atom. The molecule has 0 amide bonds. The maximum atomic E-state index is 4.31. The van der Waals surface area contributed by atoms with Crippen molar-refractivity contribution in [2.24, 2.45) is 13.0 Å². The number of hydrogen-bond acceptors (Lipinski definition) is 4. The minimum absolute atomic E-state index is 0.368. The highest BCUT2D eigenvalue weighted by molar-refractivity contribution is 5.26. The fourth-order valence-corrected chi connectivity index (χ4v) is 2.40. The molecule has 1 aromatic carbocycles. The molecule has 0 fully saturated rings. The first-order valence-corrected chi connectivity index (χ1v) is 7.54. The van der Waals surface area contributed by atoms with Crippen LogP contribution in [0.25, 0.3) is 0 Å². The van der Waals surface area contributed by atoms with E-state index in [9.17, 15) is 0 Å². The Bertz CT molecular complexity index is 561. The summed E-state index contributed by atoms with van der Waals surface area (Å²) < 4.78 is 0. The third-order valence-electron chi connectivity index (χ3n) is 3.44. The summed E-state index contributed by atoms with van der Waals surface area (Å²) in [6.07, 6.45) is 0.808. The second-order valence-electron chi connectivity index (χ2n) is 6.06. The van der Waals surface area contributed by atoms with E-state index < -0.39 is 0 Å². The van der Waals surface area contributed by atoms with E-state index in [1.807, 2.05) is 0 Å². The molecule has 2 aromatic rings. The number of nitrogens with zero attached hydrogens (tertiary/aromatic N) is 4. The molecule has 0 aliphatic heterocycles. The van der Waals surface area contributed by atoms with Crippen LogP contribution in [-0.4, -0.2) is 33.3 Å². The number of tetrazole rings is 1. The lowest BCUT2D eigenvalue weighted by molar-refractivity contribution is 0.509. The van der Waals surface area contributed by atoms with Gasteiger partial charge < -0.3 is 5.32 Å². The molecule has 5 heteroatoms. The molecule has 0 saturated heterocycles. The van der Waals surface area contributed by atoms with Crippen molar-refractivity contribution in [2.45, 2.75) is 33.1 Å². The van der Waals surface area contributed by atoms with E-state index in [1.54, 1.807) is 7.05 Å². The van der Waals surface area contributed by atoms with E-state index in [0.29, 0.717) is 11.8 Å². The van der Waals surface area contributed by atoms with Gasteiger partial charge in [-0.3, -0.25) is 0 Å². The van der Waals surface area contributed by atoms with E-state index in [1.165, 1.54) is 15.9 Å². The summed E-state index contributed by atoms with van der Waals surface area (Å²) in [7, 11) is 1.80. The minimum atomic E-state index is 0.368. The lowest BCUT2D eigenvalue weighted by Gasteiger charge is -2.18. The second-order valence-corrected chi connectivity index (χ2v) is 6.06. The van der Waals surface area contributed by atoms with E-state index in [4.69, 9.17) is 0 Å². The van der Waals surface area contributed by atoms with Gasteiger partial charge in [0.2, 0.25) is 0 Å². The Morgan fingerprint density at radius 1 is 1.24 bits per heavy atom. The van der Waals surface area contributed by atoms with Gasteiger partial charge in [0.15, 0.2) is 5.82 Å². The Labute approximate surface area is 126 Å². The monoisotopic (exact) mass is 287 g/mol. The minimum Gasteiger partial charge on any atom is -0.316 e. The molecule has 0 aliphatic carbocycles. The van der Waals surface area contributed by atoms with Crippen LogP contribution in [0.1, 0.15) is 36.7 Å². The molecular formula is C16H25N5. The molecule has 21 heavy (non-hydrogen) atoms. The van der Waals surface area contributed by atoms with Crippen LogP contribution in [0, 0.1) is 12.8 Å². The highest BCUT2D eigenvalue weighted by Crippen LogP contribution is 2.20. The van der Waals surface area contributed by atoms with Crippen molar-refractivity contribution in [2.75, 3.05) is 13.1 Å². The Balaban J connectivity index is 2.09. The molecule has 1 N–H and O–H groups in total. The van der Waals surface area contributed by atoms with Crippen LogP contribution in [0.3, 0.4) is 0 Å². The van der Waals surface area contributed by atoms with Gasteiger partial charge in [-0.2, -0.15) is 4.80 Å². The van der Waals surface area contributed by atoms with Crippen molar-refractivity contribution < 1.29 is 0 Å². The Kier molecular flexibility index (Phi) is 5.44. The number of nitrogens with one attached hydrogen (secondary N) is 1. The van der Waals surface area contributed by atoms with Crippen LogP contribution in [0.4, 0.5) is 0 Å². The third-order valence-corrected chi connectivity index (χ3v) is 3.44. The molecule has 0 radical (unpaired) electrons. The van der Waals surface area contributed by atoms with Gasteiger partial charge in [0, 0.05) is 18.9 Å². The van der Waals surface area contributed by atoms with Crippen molar-refractivity contribution in [1.29, 1.82) is 0 Å². The molecule has 0 spiro atoms. The van der Waals surface area contributed by atoms with Crippen LogP contribution in [0.15, 0.2) is 24.3 Å². The number of aryl methyl sites for hydroxylation is 2. The molecule has 2 rings (SSSR count). The largest absolute Gasteiger partial charge is 0.316 e. The molecule has 1 atom stereocenters. The molecule has 0 saturated carbocycles. The number of rotatable bonds is 7. The van der Waals surface area contributed by atoms with E-state index >= 15 is 0 Å². The van der Waals surface area contributed by atoms with Gasteiger partial charge in [-0.15, -0.1) is 10.2 Å². The standard InChI is InChI=1S/C16H25N5/c1-12(2)10-17-11-15(9-16-18-20-21(4)19-16)14-7-5-6-13(3)8-14/h5-8,12,15,17H,9-11H2,1-4H3. The van der Waals surface area contributed by atoms with Gasteiger partial charge in [0.05, 0.1) is 7.05 Å². The van der Waals surface area contributed by atoms with E-state index in [0.717, 1.165) is 25.3 Å². The van der Waals surface area contributed by atoms with Crippen molar-refractivity contribution in [1.82, 2.24) is 25.5 Å². The topological polar surface area (TPSA) is 55.6 Å². The van der Waals surface area contributed by atoms with Crippen molar-refractivity contribution in [3.63, 3.8) is 0 Å². The van der Waals surface area contributed by atoms with E-state index in [2.05, 4.69) is 65.8 Å². The predicted octanol–water partition coefficient (Wildman–Crippen LogP) is 2.09. The molecule has 114 valence electrons. The zero-order valence-electron chi connectivity index (χ0n) is 13.4. The quantitative estimate of drug-likeness (QED) is 0.847. The summed E-state index contributed by atoms with van der Waals surface area (Å²) in [5, 5.41) is 15.9. The Morgan fingerprint density at radius 3 is 2.67 bits per heavy atom. The van der Waals surface area contributed by atoms with Gasteiger partial charge in [0.25, 0.3) is 0 Å². The molecule has 1 heterocycles.